The first-order valence-corrected chi connectivity index (χ1v) is 11.5. The van der Waals surface area contributed by atoms with Crippen LogP contribution in [0.5, 0.6) is 0 Å². The number of likely N-dealkylation sites (tertiary alicyclic amines) is 1. The van der Waals surface area contributed by atoms with Gasteiger partial charge in [-0.15, -0.1) is 0 Å². The number of piperidine rings is 1. The number of hydrogen-bond acceptors (Lipinski definition) is 4. The lowest BCUT2D eigenvalue weighted by Gasteiger charge is -2.33. The molecule has 0 aromatic heterocycles. The van der Waals surface area contributed by atoms with Gasteiger partial charge in [-0.1, -0.05) is 24.3 Å². The van der Waals surface area contributed by atoms with E-state index >= 15 is 0 Å². The highest BCUT2D eigenvalue weighted by Crippen LogP contribution is 2.41. The van der Waals surface area contributed by atoms with Crippen LogP contribution in [0.25, 0.3) is 10.8 Å². The third kappa shape index (κ3) is 3.06. The molecule has 1 saturated heterocycles. The number of carbonyl (C=O) groups excluding carboxylic acids is 1. The number of carbonyl (C=O) groups is 1. The zero-order valence-corrected chi connectivity index (χ0v) is 16.6. The van der Waals surface area contributed by atoms with Crippen molar-refractivity contribution in [2.75, 3.05) is 30.5 Å². The average molecular weight is 400 g/mol. The third-order valence-electron chi connectivity index (χ3n) is 6.20. The Morgan fingerprint density at radius 2 is 1.75 bits per heavy atom. The van der Waals surface area contributed by atoms with Crippen molar-refractivity contribution >= 4 is 32.4 Å². The maximum Gasteiger partial charge on any atom is 0.265 e. The van der Waals surface area contributed by atoms with Crippen molar-refractivity contribution in [3.8, 4) is 0 Å². The highest BCUT2D eigenvalue weighted by atomic mass is 32.2. The fraction of sp³-hybridized carbons (Fsp3) is 0.476. The number of rotatable bonds is 5. The second kappa shape index (κ2) is 6.74. The molecule has 2 heterocycles. The molecule has 0 spiro atoms. The van der Waals surface area contributed by atoms with E-state index in [0.717, 1.165) is 36.1 Å². The Morgan fingerprint density at radius 1 is 1.04 bits per heavy atom. The molecule has 2 fully saturated rings. The lowest BCUT2D eigenvalue weighted by atomic mass is 10.0. The Balaban J connectivity index is 1.29. The highest BCUT2D eigenvalue weighted by Gasteiger charge is 2.37. The predicted molar refractivity (Wildman–Crippen MR) is 109 cm³/mol. The summed E-state index contributed by atoms with van der Waals surface area (Å²) in [7, 11) is -3.68. The number of nitrogens with one attached hydrogen (secondary N) is 1. The summed E-state index contributed by atoms with van der Waals surface area (Å²) < 4.78 is 27.4. The summed E-state index contributed by atoms with van der Waals surface area (Å²) in [4.78, 5) is 15.0. The highest BCUT2D eigenvalue weighted by molar-refractivity contribution is 7.93. The first-order valence-electron chi connectivity index (χ1n) is 10.1. The van der Waals surface area contributed by atoms with Gasteiger partial charge in [-0.25, -0.2) is 8.42 Å². The van der Waals surface area contributed by atoms with E-state index in [9.17, 15) is 13.2 Å². The molecule has 0 radical (unpaired) electrons. The minimum absolute atomic E-state index is 0.117. The number of nitrogens with zero attached hydrogens (tertiary/aromatic N) is 2. The molecule has 2 aliphatic heterocycles. The van der Waals surface area contributed by atoms with Crippen LogP contribution in [0.2, 0.25) is 0 Å². The van der Waals surface area contributed by atoms with Gasteiger partial charge in [0.25, 0.3) is 10.0 Å². The van der Waals surface area contributed by atoms with Crippen LogP contribution in [-0.4, -0.2) is 51.4 Å². The molecule has 0 atom stereocenters. The van der Waals surface area contributed by atoms with E-state index in [1.54, 1.807) is 18.2 Å². The maximum atomic E-state index is 13.0. The van der Waals surface area contributed by atoms with Gasteiger partial charge < -0.3 is 10.2 Å². The third-order valence-corrected chi connectivity index (χ3v) is 8.00. The minimum Gasteiger partial charge on any atom is -0.341 e. The molecule has 2 aromatic rings. The first kappa shape index (κ1) is 17.9. The van der Waals surface area contributed by atoms with Gasteiger partial charge in [-0.05, 0) is 55.7 Å². The van der Waals surface area contributed by atoms with Crippen molar-refractivity contribution in [3.05, 3.63) is 36.4 Å². The van der Waals surface area contributed by atoms with E-state index in [1.807, 2.05) is 23.1 Å². The molecule has 28 heavy (non-hydrogen) atoms. The van der Waals surface area contributed by atoms with E-state index in [1.165, 1.54) is 17.1 Å². The van der Waals surface area contributed by atoms with Gasteiger partial charge in [0.2, 0.25) is 5.91 Å². The van der Waals surface area contributed by atoms with Gasteiger partial charge in [-0.3, -0.25) is 9.10 Å². The Kier molecular flexibility index (Phi) is 4.32. The average Bonchev–Trinajstić information content (AvgIpc) is 3.51. The molecule has 148 valence electrons. The van der Waals surface area contributed by atoms with Gasteiger partial charge >= 0.3 is 0 Å². The summed E-state index contributed by atoms with van der Waals surface area (Å²) in [6.07, 6.45) is 4.54. The van der Waals surface area contributed by atoms with Gasteiger partial charge in [0.15, 0.2) is 0 Å². The maximum absolute atomic E-state index is 13.0. The number of hydrogen-bond donors (Lipinski definition) is 1. The van der Waals surface area contributed by atoms with Crippen molar-refractivity contribution in [1.29, 1.82) is 0 Å². The molecule has 3 aliphatic rings. The van der Waals surface area contributed by atoms with Gasteiger partial charge in [-0.2, -0.15) is 0 Å². The van der Waals surface area contributed by atoms with Crippen LogP contribution in [0.3, 0.4) is 0 Å². The summed E-state index contributed by atoms with van der Waals surface area (Å²) in [6.45, 7) is 2.33. The first-order chi connectivity index (χ1) is 13.5. The van der Waals surface area contributed by atoms with Crippen LogP contribution >= 0.6 is 0 Å². The topological polar surface area (TPSA) is 69.7 Å². The molecule has 5 rings (SSSR count). The van der Waals surface area contributed by atoms with E-state index in [4.69, 9.17) is 0 Å². The summed E-state index contributed by atoms with van der Waals surface area (Å²) >= 11 is 0. The summed E-state index contributed by atoms with van der Waals surface area (Å²) in [5, 5.41) is 5.22. The minimum atomic E-state index is -3.68. The van der Waals surface area contributed by atoms with Gasteiger partial charge in [0.1, 0.15) is 6.54 Å². The van der Waals surface area contributed by atoms with Gasteiger partial charge in [0, 0.05) is 24.5 Å². The fourth-order valence-corrected chi connectivity index (χ4v) is 6.00. The van der Waals surface area contributed by atoms with Crippen LogP contribution in [-0.2, 0) is 14.8 Å². The molecule has 7 heteroatoms. The van der Waals surface area contributed by atoms with Crippen molar-refractivity contribution in [3.63, 3.8) is 0 Å². The lowest BCUT2D eigenvalue weighted by Crippen LogP contribution is -2.48. The van der Waals surface area contributed by atoms with Gasteiger partial charge in [0.05, 0.1) is 10.6 Å². The number of anilines is 1. The van der Waals surface area contributed by atoms with Crippen LogP contribution in [0.15, 0.2) is 41.3 Å². The quantitative estimate of drug-likeness (QED) is 0.838. The zero-order chi connectivity index (χ0) is 19.3. The Bertz CT molecular complexity index is 1020. The molecule has 0 unspecified atom stereocenters. The normalized spacial score (nSPS) is 21.4. The van der Waals surface area contributed by atoms with Crippen LogP contribution in [0.1, 0.15) is 25.7 Å². The number of amides is 1. The fourth-order valence-electron chi connectivity index (χ4n) is 4.34. The molecule has 2 aromatic carbocycles. The molecule has 0 bridgehead atoms. The van der Waals surface area contributed by atoms with Crippen molar-refractivity contribution < 1.29 is 13.2 Å². The Hall–Kier alpha value is -2.12. The lowest BCUT2D eigenvalue weighted by molar-refractivity contribution is -0.130. The molecule has 1 saturated carbocycles. The summed E-state index contributed by atoms with van der Waals surface area (Å²) in [5.74, 6) is 0.735. The standard InChI is InChI=1S/C21H25N3O3S/c25-20(23-11-9-17(10-12-23)22-13-15-7-8-15)14-24-18-5-1-3-16-4-2-6-19(21(16)18)28(24,26)27/h1-6,15,17,22H,7-14H2. The summed E-state index contributed by atoms with van der Waals surface area (Å²) in [6, 6.07) is 11.3. The molecular weight excluding hydrogens is 374 g/mol. The van der Waals surface area contributed by atoms with E-state index in [0.29, 0.717) is 29.7 Å². The zero-order valence-electron chi connectivity index (χ0n) is 15.8. The molecule has 1 amide bonds. The van der Waals surface area contributed by atoms with E-state index in [-0.39, 0.29) is 12.5 Å². The summed E-state index contributed by atoms with van der Waals surface area (Å²) in [5.41, 5.74) is 0.613. The molecular formula is C21H25N3O3S. The van der Waals surface area contributed by atoms with Crippen LogP contribution in [0.4, 0.5) is 5.69 Å². The Labute approximate surface area is 165 Å². The number of sulfonamides is 1. The largest absolute Gasteiger partial charge is 0.341 e. The Morgan fingerprint density at radius 3 is 2.46 bits per heavy atom. The van der Waals surface area contributed by atoms with Crippen molar-refractivity contribution in [2.24, 2.45) is 5.92 Å². The molecule has 1 aliphatic carbocycles. The SMILES string of the molecule is O=C(CN1c2cccc3cccc(c23)S1(=O)=O)N1CCC(NCC2CC2)CC1. The van der Waals surface area contributed by atoms with Crippen molar-refractivity contribution in [1.82, 2.24) is 10.2 Å². The molecule has 6 nitrogen and oxygen atoms in total. The van der Waals surface area contributed by atoms with E-state index in [2.05, 4.69) is 5.32 Å². The van der Waals surface area contributed by atoms with Crippen LogP contribution in [0, 0.1) is 5.92 Å². The predicted octanol–water partition coefficient (Wildman–Crippen LogP) is 2.34. The second-order valence-electron chi connectivity index (χ2n) is 8.15. The van der Waals surface area contributed by atoms with E-state index < -0.39 is 10.0 Å². The number of benzene rings is 2. The van der Waals surface area contributed by atoms with Crippen molar-refractivity contribution in [2.45, 2.75) is 36.6 Å². The van der Waals surface area contributed by atoms with Crippen LogP contribution < -0.4 is 9.62 Å². The second-order valence-corrected chi connectivity index (χ2v) is 9.98. The monoisotopic (exact) mass is 399 g/mol. The molecule has 1 N–H and O–H groups in total. The smallest absolute Gasteiger partial charge is 0.265 e.